The average Bonchev–Trinajstić information content (AvgIpc) is 2.43. The fourth-order valence-electron chi connectivity index (χ4n) is 2.42. The van der Waals surface area contributed by atoms with E-state index in [9.17, 15) is 9.59 Å². The number of hydrogen-bond acceptors (Lipinski definition) is 3. The van der Waals surface area contributed by atoms with E-state index in [2.05, 4.69) is 10.6 Å². The first-order valence-electron chi connectivity index (χ1n) is 7.76. The van der Waals surface area contributed by atoms with E-state index in [0.717, 1.165) is 32.1 Å². The maximum atomic E-state index is 12.5. The molecule has 0 aromatic heterocycles. The molecule has 0 aromatic carbocycles. The maximum absolute atomic E-state index is 12.5. The summed E-state index contributed by atoms with van der Waals surface area (Å²) in [4.78, 5) is 24.3. The largest absolute Gasteiger partial charge is 0.354 e. The molecular formula is C15H31N3O2. The van der Waals surface area contributed by atoms with Crippen molar-refractivity contribution in [2.45, 2.75) is 65.8 Å². The van der Waals surface area contributed by atoms with E-state index >= 15 is 0 Å². The van der Waals surface area contributed by atoms with E-state index in [4.69, 9.17) is 5.73 Å². The van der Waals surface area contributed by atoms with Gasteiger partial charge in [0.1, 0.15) is 6.04 Å². The molecule has 0 fully saturated rings. The molecule has 0 radical (unpaired) electrons. The van der Waals surface area contributed by atoms with Gasteiger partial charge >= 0.3 is 0 Å². The summed E-state index contributed by atoms with van der Waals surface area (Å²) < 4.78 is 0. The first-order chi connectivity index (χ1) is 9.47. The van der Waals surface area contributed by atoms with Crippen molar-refractivity contribution >= 4 is 11.8 Å². The van der Waals surface area contributed by atoms with Gasteiger partial charge in [-0.15, -0.1) is 0 Å². The van der Waals surface area contributed by atoms with Crippen molar-refractivity contribution in [3.63, 3.8) is 0 Å². The van der Waals surface area contributed by atoms with Crippen LogP contribution in [0.5, 0.6) is 0 Å². The van der Waals surface area contributed by atoms with E-state index in [-0.39, 0.29) is 11.8 Å². The summed E-state index contributed by atoms with van der Waals surface area (Å²) in [7, 11) is 0. The van der Waals surface area contributed by atoms with E-state index in [1.54, 1.807) is 6.92 Å². The topological polar surface area (TPSA) is 84.2 Å². The van der Waals surface area contributed by atoms with Crippen molar-refractivity contribution in [2.75, 3.05) is 13.1 Å². The van der Waals surface area contributed by atoms with Crippen molar-refractivity contribution in [1.29, 1.82) is 0 Å². The Hall–Kier alpha value is -1.10. The molecule has 5 nitrogen and oxygen atoms in total. The normalized spacial score (nSPS) is 12.8. The maximum Gasteiger partial charge on any atom is 0.242 e. The van der Waals surface area contributed by atoms with Gasteiger partial charge in [0.05, 0.1) is 5.41 Å². The van der Waals surface area contributed by atoms with Crippen LogP contribution in [0.4, 0.5) is 0 Å². The van der Waals surface area contributed by atoms with Crippen molar-refractivity contribution in [2.24, 2.45) is 11.1 Å². The smallest absolute Gasteiger partial charge is 0.242 e. The van der Waals surface area contributed by atoms with Gasteiger partial charge in [-0.2, -0.15) is 0 Å². The molecule has 0 aliphatic heterocycles. The van der Waals surface area contributed by atoms with Crippen LogP contribution in [-0.4, -0.2) is 30.9 Å². The zero-order chi connectivity index (χ0) is 15.6. The molecule has 0 saturated carbocycles. The summed E-state index contributed by atoms with van der Waals surface area (Å²) in [5.41, 5.74) is 5.31. The molecule has 0 aliphatic carbocycles. The third-order valence-corrected chi connectivity index (χ3v) is 3.62. The average molecular weight is 285 g/mol. The van der Waals surface area contributed by atoms with E-state index in [0.29, 0.717) is 13.1 Å². The quantitative estimate of drug-likeness (QED) is 0.569. The van der Waals surface area contributed by atoms with Gasteiger partial charge in [0.25, 0.3) is 0 Å². The molecule has 4 N–H and O–H groups in total. The highest BCUT2D eigenvalue weighted by Gasteiger charge is 2.36. The van der Waals surface area contributed by atoms with Gasteiger partial charge < -0.3 is 16.4 Å². The Morgan fingerprint density at radius 3 is 2.05 bits per heavy atom. The second-order valence-corrected chi connectivity index (χ2v) is 5.47. The van der Waals surface area contributed by atoms with Gasteiger partial charge in [0.15, 0.2) is 0 Å². The molecule has 0 spiro atoms. The predicted octanol–water partition coefficient (Wildman–Crippen LogP) is 1.56. The Bertz CT molecular complexity index is 299. The fraction of sp³-hybridized carbons (Fsp3) is 0.867. The Kier molecular flexibility index (Phi) is 9.21. The summed E-state index contributed by atoms with van der Waals surface area (Å²) in [6.07, 6.45) is 4.20. The lowest BCUT2D eigenvalue weighted by Crippen LogP contribution is -2.52. The predicted molar refractivity (Wildman–Crippen MR) is 82.2 cm³/mol. The molecule has 0 bridgehead atoms. The second kappa shape index (κ2) is 9.75. The van der Waals surface area contributed by atoms with Crippen LogP contribution in [0.15, 0.2) is 0 Å². The van der Waals surface area contributed by atoms with Crippen LogP contribution in [0.1, 0.15) is 59.8 Å². The highest BCUT2D eigenvalue weighted by molar-refractivity contribution is 5.90. The lowest BCUT2D eigenvalue weighted by molar-refractivity contribution is -0.135. The lowest BCUT2D eigenvalue weighted by Gasteiger charge is -2.32. The zero-order valence-electron chi connectivity index (χ0n) is 13.4. The molecule has 5 heteroatoms. The Balaban J connectivity index is 4.70. The number of rotatable bonds is 10. The van der Waals surface area contributed by atoms with Crippen molar-refractivity contribution in [1.82, 2.24) is 10.6 Å². The summed E-state index contributed by atoms with van der Waals surface area (Å²) >= 11 is 0. The first-order valence-corrected chi connectivity index (χ1v) is 7.76. The van der Waals surface area contributed by atoms with Crippen LogP contribution in [0.2, 0.25) is 0 Å². The van der Waals surface area contributed by atoms with Crippen LogP contribution in [0.25, 0.3) is 0 Å². The Morgan fingerprint density at radius 2 is 1.65 bits per heavy atom. The monoisotopic (exact) mass is 285 g/mol. The van der Waals surface area contributed by atoms with Crippen LogP contribution in [0, 0.1) is 5.41 Å². The highest BCUT2D eigenvalue weighted by Crippen LogP contribution is 2.29. The van der Waals surface area contributed by atoms with Crippen LogP contribution in [0.3, 0.4) is 0 Å². The molecule has 2 amide bonds. The lowest BCUT2D eigenvalue weighted by atomic mass is 9.78. The standard InChI is InChI=1S/C15H31N3O2/c1-5-8-15(11-16,9-6-2)14(20)18-12(4)13(19)17-10-7-3/h12H,5-11,16H2,1-4H3,(H,17,19)(H,18,20). The minimum Gasteiger partial charge on any atom is -0.354 e. The molecule has 0 aromatic rings. The highest BCUT2D eigenvalue weighted by atomic mass is 16.2. The number of hydrogen-bond donors (Lipinski definition) is 3. The number of carbonyl (C=O) groups excluding carboxylic acids is 2. The summed E-state index contributed by atoms with van der Waals surface area (Å²) in [6, 6.07) is -0.520. The number of nitrogens with one attached hydrogen (secondary N) is 2. The SMILES string of the molecule is CCCNC(=O)C(C)NC(=O)C(CN)(CCC)CCC. The summed E-state index contributed by atoms with van der Waals surface area (Å²) in [5, 5.41) is 5.61. The second-order valence-electron chi connectivity index (χ2n) is 5.47. The van der Waals surface area contributed by atoms with Crippen LogP contribution < -0.4 is 16.4 Å². The minimum absolute atomic E-state index is 0.0946. The van der Waals surface area contributed by atoms with Crippen molar-refractivity contribution in [3.05, 3.63) is 0 Å². The van der Waals surface area contributed by atoms with Crippen LogP contribution in [-0.2, 0) is 9.59 Å². The van der Waals surface area contributed by atoms with Gasteiger partial charge in [-0.05, 0) is 26.2 Å². The van der Waals surface area contributed by atoms with E-state index in [1.807, 2.05) is 20.8 Å². The van der Waals surface area contributed by atoms with Gasteiger partial charge in [0, 0.05) is 13.1 Å². The van der Waals surface area contributed by atoms with Gasteiger partial charge in [-0.1, -0.05) is 33.6 Å². The van der Waals surface area contributed by atoms with Gasteiger partial charge in [-0.25, -0.2) is 0 Å². The molecule has 1 atom stereocenters. The Morgan fingerprint density at radius 1 is 1.10 bits per heavy atom. The van der Waals surface area contributed by atoms with E-state index < -0.39 is 11.5 Å². The van der Waals surface area contributed by atoms with Gasteiger partial charge in [-0.3, -0.25) is 9.59 Å². The van der Waals surface area contributed by atoms with Crippen molar-refractivity contribution < 1.29 is 9.59 Å². The third-order valence-electron chi connectivity index (χ3n) is 3.62. The summed E-state index contributed by atoms with van der Waals surface area (Å²) in [6.45, 7) is 8.75. The zero-order valence-corrected chi connectivity index (χ0v) is 13.4. The molecule has 1 unspecified atom stereocenters. The first kappa shape index (κ1) is 18.9. The molecule has 20 heavy (non-hydrogen) atoms. The van der Waals surface area contributed by atoms with Crippen molar-refractivity contribution in [3.8, 4) is 0 Å². The number of amides is 2. The molecule has 0 rings (SSSR count). The molecular weight excluding hydrogens is 254 g/mol. The molecule has 0 aliphatic rings. The van der Waals surface area contributed by atoms with Crippen LogP contribution >= 0.6 is 0 Å². The fourth-order valence-corrected chi connectivity index (χ4v) is 2.42. The molecule has 0 heterocycles. The molecule has 0 saturated heterocycles. The van der Waals surface area contributed by atoms with E-state index in [1.165, 1.54) is 0 Å². The Labute approximate surface area is 123 Å². The van der Waals surface area contributed by atoms with Gasteiger partial charge in [0.2, 0.25) is 11.8 Å². The molecule has 118 valence electrons. The number of carbonyl (C=O) groups is 2. The minimum atomic E-state index is -0.539. The summed E-state index contributed by atoms with van der Waals surface area (Å²) in [5.74, 6) is -0.234. The number of nitrogens with two attached hydrogens (primary N) is 1. The third kappa shape index (κ3) is 5.49.